The number of aliphatic hydroxyl groups excluding tert-OH is 3. The highest BCUT2D eigenvalue weighted by Crippen LogP contribution is 2.28. The number of aromatic nitrogens is 2. The molecule has 0 aromatic carbocycles. The molecule has 1 aromatic rings. The quantitative estimate of drug-likeness (QED) is 0.285. The van der Waals surface area contributed by atoms with Crippen molar-refractivity contribution in [3.05, 3.63) is 22.7 Å². The lowest BCUT2D eigenvalue weighted by molar-refractivity contribution is -0.0549. The number of ether oxygens (including phenoxy) is 1. The molecule has 10 heteroatoms. The van der Waals surface area contributed by atoms with E-state index in [9.17, 15) is 15.0 Å². The van der Waals surface area contributed by atoms with Crippen molar-refractivity contribution in [1.82, 2.24) is 9.55 Å². The van der Waals surface area contributed by atoms with Crippen LogP contribution in [0.25, 0.3) is 0 Å². The molecule has 4 atom stereocenters. The Bertz CT molecular complexity index is 569. The molecule has 2 rings (SSSR count). The highest BCUT2D eigenvalue weighted by Gasteiger charge is 2.43. The summed E-state index contributed by atoms with van der Waals surface area (Å²) < 4.78 is 6.19. The van der Waals surface area contributed by atoms with Gasteiger partial charge in [-0.25, -0.2) is 4.79 Å². The second kappa shape index (κ2) is 5.54. The first kappa shape index (κ1) is 14.4. The molecule has 0 saturated carbocycles. The lowest BCUT2D eigenvalue weighted by Crippen LogP contribution is -2.35. The third-order valence-electron chi connectivity index (χ3n) is 2.85. The van der Waals surface area contributed by atoms with E-state index in [0.29, 0.717) is 0 Å². The third kappa shape index (κ3) is 2.63. The van der Waals surface area contributed by atoms with Gasteiger partial charge >= 0.3 is 5.69 Å². The van der Waals surface area contributed by atoms with Crippen LogP contribution in [0.15, 0.2) is 22.1 Å². The Hall–Kier alpha value is -2.01. The maximum absolute atomic E-state index is 11.8. The van der Waals surface area contributed by atoms with Crippen LogP contribution in [-0.2, 0) is 4.74 Å². The molecular weight excluding hydrogens is 270 g/mol. The Morgan fingerprint density at radius 1 is 1.45 bits per heavy atom. The van der Waals surface area contributed by atoms with Gasteiger partial charge in [0.15, 0.2) is 18.0 Å². The summed E-state index contributed by atoms with van der Waals surface area (Å²) in [4.78, 5) is 19.0. The van der Waals surface area contributed by atoms with Crippen molar-refractivity contribution in [3.8, 4) is 0 Å². The minimum absolute atomic E-state index is 0.0120. The third-order valence-corrected chi connectivity index (χ3v) is 2.85. The number of aliphatic hydroxyl groups is 3. The number of hydrogen-bond acceptors (Lipinski definition) is 7. The van der Waals surface area contributed by atoms with Gasteiger partial charge in [-0.05, 0) is 6.07 Å². The first-order chi connectivity index (χ1) is 9.43. The summed E-state index contributed by atoms with van der Waals surface area (Å²) in [5, 5.41) is 28.4. The van der Waals surface area contributed by atoms with Crippen LogP contribution in [0, 0.1) is 0 Å². The number of nitrogens with two attached hydrogens (primary N) is 2. The van der Waals surface area contributed by atoms with E-state index < -0.39 is 36.8 Å². The summed E-state index contributed by atoms with van der Waals surface area (Å²) in [6.07, 6.45) is -3.50. The number of aliphatic imine (C=N–C) groups is 1. The van der Waals surface area contributed by atoms with Crippen LogP contribution in [-0.4, -0.2) is 55.7 Å². The molecule has 1 unspecified atom stereocenters. The Morgan fingerprint density at radius 2 is 2.15 bits per heavy atom. The van der Waals surface area contributed by atoms with Crippen molar-refractivity contribution in [2.45, 2.75) is 24.5 Å². The Balaban J connectivity index is 2.31. The summed E-state index contributed by atoms with van der Waals surface area (Å²) in [6, 6.07) is 1.34. The molecule has 1 saturated heterocycles. The molecule has 0 aliphatic carbocycles. The highest BCUT2D eigenvalue weighted by atomic mass is 16.6. The molecule has 0 amide bonds. The van der Waals surface area contributed by atoms with E-state index in [1.54, 1.807) is 0 Å². The van der Waals surface area contributed by atoms with Crippen molar-refractivity contribution in [2.24, 2.45) is 16.5 Å². The van der Waals surface area contributed by atoms with Gasteiger partial charge in [-0.2, -0.15) is 9.98 Å². The van der Waals surface area contributed by atoms with E-state index in [-0.39, 0.29) is 11.8 Å². The minimum atomic E-state index is -1.36. The molecule has 0 bridgehead atoms. The second-order valence-electron chi connectivity index (χ2n) is 4.24. The highest BCUT2D eigenvalue weighted by molar-refractivity contribution is 5.78. The first-order valence-corrected chi connectivity index (χ1v) is 5.75. The predicted octanol–water partition coefficient (Wildman–Crippen LogP) is -3.24. The normalized spacial score (nSPS) is 29.4. The molecule has 20 heavy (non-hydrogen) atoms. The van der Waals surface area contributed by atoms with E-state index in [2.05, 4.69) is 9.98 Å². The average Bonchev–Trinajstić information content (AvgIpc) is 2.66. The lowest BCUT2D eigenvalue weighted by atomic mass is 10.1. The van der Waals surface area contributed by atoms with Crippen molar-refractivity contribution >= 4 is 11.8 Å². The maximum Gasteiger partial charge on any atom is 0.351 e. The lowest BCUT2D eigenvalue weighted by Gasteiger charge is -2.16. The molecule has 1 fully saturated rings. The van der Waals surface area contributed by atoms with Gasteiger partial charge in [-0.3, -0.25) is 4.57 Å². The standard InChI is InChI=1S/C10H15N5O5/c11-9(12)13-5-1-2-15(10(19)14-5)8-7(18)6(17)4(3-16)20-8/h1-2,4,6-8,16-18H,3H2,(H4,11,12,13,14,19)/t4-,6?,7+,8-/m1/s1. The van der Waals surface area contributed by atoms with Crippen LogP contribution in [0.1, 0.15) is 6.23 Å². The zero-order valence-electron chi connectivity index (χ0n) is 10.3. The molecular formula is C10H15N5O5. The Labute approximate surface area is 112 Å². The van der Waals surface area contributed by atoms with Gasteiger partial charge in [0.25, 0.3) is 0 Å². The van der Waals surface area contributed by atoms with Crippen LogP contribution < -0.4 is 17.2 Å². The van der Waals surface area contributed by atoms with Crippen molar-refractivity contribution < 1.29 is 20.1 Å². The van der Waals surface area contributed by atoms with Crippen molar-refractivity contribution in [2.75, 3.05) is 6.61 Å². The fourth-order valence-corrected chi connectivity index (χ4v) is 1.90. The molecule has 10 nitrogen and oxygen atoms in total. The molecule has 1 aromatic heterocycles. The number of rotatable bonds is 3. The summed E-state index contributed by atoms with van der Waals surface area (Å²) in [5.74, 6) is -0.236. The van der Waals surface area contributed by atoms with Crippen LogP contribution >= 0.6 is 0 Å². The smallest absolute Gasteiger partial charge is 0.351 e. The fraction of sp³-hybridized carbons (Fsp3) is 0.500. The van der Waals surface area contributed by atoms with Gasteiger partial charge in [0.1, 0.15) is 18.3 Å². The summed E-state index contributed by atoms with van der Waals surface area (Å²) in [7, 11) is 0. The van der Waals surface area contributed by atoms with Gasteiger partial charge in [0.2, 0.25) is 0 Å². The van der Waals surface area contributed by atoms with Gasteiger partial charge in [0, 0.05) is 6.20 Å². The van der Waals surface area contributed by atoms with Gasteiger partial charge in [-0.1, -0.05) is 0 Å². The molecule has 0 spiro atoms. The van der Waals surface area contributed by atoms with E-state index in [1.807, 2.05) is 0 Å². The van der Waals surface area contributed by atoms with Gasteiger partial charge in [0.05, 0.1) is 6.61 Å². The van der Waals surface area contributed by atoms with Gasteiger partial charge < -0.3 is 31.5 Å². The van der Waals surface area contributed by atoms with Crippen LogP contribution in [0.5, 0.6) is 0 Å². The number of guanidine groups is 1. The van der Waals surface area contributed by atoms with Crippen LogP contribution in [0.4, 0.5) is 5.82 Å². The largest absolute Gasteiger partial charge is 0.394 e. The van der Waals surface area contributed by atoms with E-state index in [0.717, 1.165) is 4.57 Å². The summed E-state index contributed by atoms with van der Waals surface area (Å²) in [5.41, 5.74) is 9.57. The molecule has 7 N–H and O–H groups in total. The topological polar surface area (TPSA) is 169 Å². The van der Waals surface area contributed by atoms with E-state index >= 15 is 0 Å². The maximum atomic E-state index is 11.8. The fourth-order valence-electron chi connectivity index (χ4n) is 1.90. The van der Waals surface area contributed by atoms with E-state index in [4.69, 9.17) is 21.3 Å². The second-order valence-corrected chi connectivity index (χ2v) is 4.24. The molecule has 1 aliphatic heterocycles. The number of nitrogens with zero attached hydrogens (tertiary/aromatic N) is 3. The van der Waals surface area contributed by atoms with Gasteiger partial charge in [-0.15, -0.1) is 0 Å². The summed E-state index contributed by atoms with van der Waals surface area (Å²) in [6.45, 7) is -0.483. The first-order valence-electron chi connectivity index (χ1n) is 5.75. The molecule has 0 radical (unpaired) electrons. The Morgan fingerprint density at radius 3 is 2.65 bits per heavy atom. The molecule has 2 heterocycles. The van der Waals surface area contributed by atoms with Crippen LogP contribution in [0.2, 0.25) is 0 Å². The molecule has 110 valence electrons. The van der Waals surface area contributed by atoms with Crippen LogP contribution in [0.3, 0.4) is 0 Å². The monoisotopic (exact) mass is 285 g/mol. The summed E-state index contributed by atoms with van der Waals surface area (Å²) >= 11 is 0. The minimum Gasteiger partial charge on any atom is -0.394 e. The zero-order valence-corrected chi connectivity index (χ0v) is 10.3. The van der Waals surface area contributed by atoms with Crippen molar-refractivity contribution in [3.63, 3.8) is 0 Å². The van der Waals surface area contributed by atoms with Crippen molar-refractivity contribution in [1.29, 1.82) is 0 Å². The average molecular weight is 285 g/mol. The SMILES string of the molecule is NC(N)=Nc1ccn([C@@H]2O[C@H](CO)C(O)[C@@H]2O)c(=O)n1. The molecule has 1 aliphatic rings. The predicted molar refractivity (Wildman–Crippen MR) is 67.0 cm³/mol. The number of hydrogen-bond donors (Lipinski definition) is 5. The Kier molecular flexibility index (Phi) is 3.99. The zero-order chi connectivity index (χ0) is 14.9. The van der Waals surface area contributed by atoms with E-state index in [1.165, 1.54) is 12.3 Å².